The van der Waals surface area contributed by atoms with Crippen molar-refractivity contribution in [2.24, 2.45) is 0 Å². The average Bonchev–Trinajstić information content (AvgIpc) is 2.53. The summed E-state index contributed by atoms with van der Waals surface area (Å²) in [7, 11) is 0. The molecule has 0 atom stereocenters. The van der Waals surface area contributed by atoms with Gasteiger partial charge in [0.25, 0.3) is 0 Å². The zero-order chi connectivity index (χ0) is 9.10. The molecule has 66 valence electrons. The summed E-state index contributed by atoms with van der Waals surface area (Å²) in [6.07, 6.45) is 4.30. The second kappa shape index (κ2) is 3.56. The van der Waals surface area contributed by atoms with Crippen LogP contribution in [0.15, 0.2) is 42.0 Å². The quantitative estimate of drug-likeness (QED) is 0.626. The fraction of sp³-hybridized carbons (Fsp3) is 0.250. The normalized spacial score (nSPS) is 16.0. The lowest BCUT2D eigenvalue weighted by Crippen LogP contribution is -1.91. The van der Waals surface area contributed by atoms with Gasteiger partial charge in [-0.25, -0.2) is 0 Å². The summed E-state index contributed by atoms with van der Waals surface area (Å²) in [6.45, 7) is 0. The number of Topliss-reactive ketones (excluding diaryl/α,β-unsaturated/α-hetero) is 1. The molecule has 0 amide bonds. The first kappa shape index (κ1) is 8.24. The number of hydrogen-bond donors (Lipinski definition) is 0. The molecule has 0 bridgehead atoms. The molecular weight excluding hydrogens is 160 g/mol. The number of hydrogen-bond acceptors (Lipinski definition) is 1. The predicted octanol–water partition coefficient (Wildman–Crippen LogP) is 2.52. The molecule has 1 aromatic rings. The summed E-state index contributed by atoms with van der Waals surface area (Å²) < 4.78 is 0. The molecule has 0 saturated heterocycles. The second-order valence-electron chi connectivity index (χ2n) is 3.44. The predicted molar refractivity (Wildman–Crippen MR) is 52.5 cm³/mol. The molecule has 2 rings (SSSR count). The average molecular weight is 172 g/mol. The highest BCUT2D eigenvalue weighted by Gasteiger charge is 2.12. The largest absolute Gasteiger partial charge is 0.299 e. The van der Waals surface area contributed by atoms with Gasteiger partial charge in [0.1, 0.15) is 5.78 Å². The third kappa shape index (κ3) is 2.05. The van der Waals surface area contributed by atoms with E-state index in [2.05, 4.69) is 18.2 Å². The van der Waals surface area contributed by atoms with Crippen LogP contribution in [0.3, 0.4) is 0 Å². The lowest BCUT2D eigenvalue weighted by atomic mass is 10.1. The first-order chi connectivity index (χ1) is 6.34. The second-order valence-corrected chi connectivity index (χ2v) is 3.44. The molecule has 1 heteroatoms. The number of benzene rings is 1. The van der Waals surface area contributed by atoms with E-state index in [0.29, 0.717) is 18.6 Å². The van der Waals surface area contributed by atoms with Crippen molar-refractivity contribution in [1.29, 1.82) is 0 Å². The van der Waals surface area contributed by atoms with Crippen molar-refractivity contribution in [3.63, 3.8) is 0 Å². The molecule has 0 heterocycles. The SMILES string of the molecule is O=C1CC=C(Cc2ccccc2)C1. The molecule has 0 fully saturated rings. The maximum atomic E-state index is 11.0. The van der Waals surface area contributed by atoms with E-state index in [1.54, 1.807) is 0 Å². The third-order valence-electron chi connectivity index (χ3n) is 2.32. The summed E-state index contributed by atoms with van der Waals surface area (Å²) in [6, 6.07) is 10.3. The van der Waals surface area contributed by atoms with Gasteiger partial charge in [-0.05, 0) is 12.0 Å². The van der Waals surface area contributed by atoms with E-state index >= 15 is 0 Å². The number of carbonyl (C=O) groups excluding carboxylic acids is 1. The molecule has 1 aliphatic rings. The van der Waals surface area contributed by atoms with Crippen LogP contribution in [-0.4, -0.2) is 5.78 Å². The zero-order valence-electron chi connectivity index (χ0n) is 7.49. The van der Waals surface area contributed by atoms with Crippen LogP contribution in [0.1, 0.15) is 18.4 Å². The van der Waals surface area contributed by atoms with Crippen molar-refractivity contribution in [3.05, 3.63) is 47.5 Å². The van der Waals surface area contributed by atoms with Crippen LogP contribution in [0, 0.1) is 0 Å². The Kier molecular flexibility index (Phi) is 2.26. The Balaban J connectivity index is 2.04. The Morgan fingerprint density at radius 2 is 1.92 bits per heavy atom. The maximum absolute atomic E-state index is 11.0. The Morgan fingerprint density at radius 1 is 1.15 bits per heavy atom. The number of rotatable bonds is 2. The van der Waals surface area contributed by atoms with E-state index in [4.69, 9.17) is 0 Å². The van der Waals surface area contributed by atoms with Crippen molar-refractivity contribution < 1.29 is 4.79 Å². The van der Waals surface area contributed by atoms with Crippen molar-refractivity contribution in [3.8, 4) is 0 Å². The maximum Gasteiger partial charge on any atom is 0.140 e. The Hall–Kier alpha value is -1.37. The molecule has 0 aliphatic heterocycles. The topological polar surface area (TPSA) is 17.1 Å². The van der Waals surface area contributed by atoms with Crippen molar-refractivity contribution >= 4 is 5.78 Å². The monoisotopic (exact) mass is 172 g/mol. The molecule has 13 heavy (non-hydrogen) atoms. The zero-order valence-corrected chi connectivity index (χ0v) is 7.49. The highest BCUT2D eigenvalue weighted by Crippen LogP contribution is 2.18. The van der Waals surface area contributed by atoms with Crippen LogP contribution in [-0.2, 0) is 11.2 Å². The van der Waals surface area contributed by atoms with Gasteiger partial charge in [0, 0.05) is 12.8 Å². The van der Waals surface area contributed by atoms with Gasteiger partial charge in [-0.3, -0.25) is 4.79 Å². The van der Waals surface area contributed by atoms with Gasteiger partial charge in [0.05, 0.1) is 0 Å². The minimum Gasteiger partial charge on any atom is -0.299 e. The minimum atomic E-state index is 0.353. The van der Waals surface area contributed by atoms with Gasteiger partial charge in [-0.2, -0.15) is 0 Å². The summed E-state index contributed by atoms with van der Waals surface area (Å²) in [5.41, 5.74) is 2.57. The standard InChI is InChI=1S/C12H12O/c13-12-7-6-11(9-12)8-10-4-2-1-3-5-10/h1-6H,7-9H2. The molecule has 0 aromatic heterocycles. The van der Waals surface area contributed by atoms with Crippen molar-refractivity contribution in [2.45, 2.75) is 19.3 Å². The first-order valence-corrected chi connectivity index (χ1v) is 4.58. The van der Waals surface area contributed by atoms with Crippen molar-refractivity contribution in [1.82, 2.24) is 0 Å². The molecule has 1 aromatic carbocycles. The summed E-state index contributed by atoms with van der Waals surface area (Å²) in [4.78, 5) is 11.0. The van der Waals surface area contributed by atoms with Gasteiger partial charge in [-0.1, -0.05) is 42.0 Å². The number of ketones is 1. The van der Waals surface area contributed by atoms with E-state index < -0.39 is 0 Å². The van der Waals surface area contributed by atoms with Gasteiger partial charge < -0.3 is 0 Å². The molecule has 0 saturated carbocycles. The van der Waals surface area contributed by atoms with E-state index in [-0.39, 0.29) is 0 Å². The smallest absolute Gasteiger partial charge is 0.140 e. The fourth-order valence-corrected chi connectivity index (χ4v) is 1.65. The van der Waals surface area contributed by atoms with Crippen LogP contribution >= 0.6 is 0 Å². The van der Waals surface area contributed by atoms with Gasteiger partial charge >= 0.3 is 0 Å². The molecule has 0 radical (unpaired) electrons. The van der Waals surface area contributed by atoms with E-state index in [1.807, 2.05) is 18.2 Å². The Labute approximate surface area is 78.1 Å². The minimum absolute atomic E-state index is 0.353. The Bertz CT molecular complexity index is 335. The van der Waals surface area contributed by atoms with Gasteiger partial charge in [0.15, 0.2) is 0 Å². The highest BCUT2D eigenvalue weighted by molar-refractivity contribution is 5.85. The molecule has 0 unspecified atom stereocenters. The molecular formula is C12H12O. The van der Waals surface area contributed by atoms with Crippen LogP contribution in [0.2, 0.25) is 0 Å². The lowest BCUT2D eigenvalue weighted by molar-refractivity contribution is -0.117. The van der Waals surface area contributed by atoms with Crippen LogP contribution in [0.25, 0.3) is 0 Å². The van der Waals surface area contributed by atoms with E-state index in [9.17, 15) is 4.79 Å². The third-order valence-corrected chi connectivity index (χ3v) is 2.32. The molecule has 0 N–H and O–H groups in total. The summed E-state index contributed by atoms with van der Waals surface area (Å²) >= 11 is 0. The molecule has 0 spiro atoms. The number of allylic oxidation sites excluding steroid dienone is 2. The fourth-order valence-electron chi connectivity index (χ4n) is 1.65. The lowest BCUT2D eigenvalue weighted by Gasteiger charge is -2.00. The summed E-state index contributed by atoms with van der Waals surface area (Å²) in [5.74, 6) is 0.353. The number of carbonyl (C=O) groups is 1. The van der Waals surface area contributed by atoms with Crippen molar-refractivity contribution in [2.75, 3.05) is 0 Å². The molecule has 1 aliphatic carbocycles. The first-order valence-electron chi connectivity index (χ1n) is 4.58. The van der Waals surface area contributed by atoms with E-state index in [0.717, 1.165) is 6.42 Å². The Morgan fingerprint density at radius 3 is 2.54 bits per heavy atom. The van der Waals surface area contributed by atoms with Crippen LogP contribution in [0.5, 0.6) is 0 Å². The van der Waals surface area contributed by atoms with Crippen LogP contribution < -0.4 is 0 Å². The summed E-state index contributed by atoms with van der Waals surface area (Å²) in [5, 5.41) is 0. The van der Waals surface area contributed by atoms with Crippen LogP contribution in [0.4, 0.5) is 0 Å². The van der Waals surface area contributed by atoms with Gasteiger partial charge in [0.2, 0.25) is 0 Å². The van der Waals surface area contributed by atoms with E-state index in [1.165, 1.54) is 11.1 Å². The molecule has 1 nitrogen and oxygen atoms in total. The van der Waals surface area contributed by atoms with Gasteiger partial charge in [-0.15, -0.1) is 0 Å². The highest BCUT2D eigenvalue weighted by atomic mass is 16.1.